The molecule has 0 saturated heterocycles. The third-order valence-corrected chi connectivity index (χ3v) is 8.75. The number of hydrogen-bond donors (Lipinski definition) is 1. The van der Waals surface area contributed by atoms with Crippen LogP contribution in [0.2, 0.25) is 5.02 Å². The van der Waals surface area contributed by atoms with Gasteiger partial charge in [0.25, 0.3) is 5.91 Å². The Balaban J connectivity index is 1.76. The van der Waals surface area contributed by atoms with Crippen molar-refractivity contribution in [1.82, 2.24) is 4.90 Å². The zero-order valence-electron chi connectivity index (χ0n) is 23.0. The number of thioether (sulfide) groups is 1. The first-order chi connectivity index (χ1) is 20.9. The molecule has 12 heteroatoms. The molecule has 3 atom stereocenters. The normalized spacial score (nSPS) is 17.0. The number of carbonyl (C=O) groups excluding carboxylic acids is 3. The van der Waals surface area contributed by atoms with Gasteiger partial charge in [-0.25, -0.2) is 17.6 Å². The van der Waals surface area contributed by atoms with E-state index in [2.05, 4.69) is 0 Å². The average Bonchev–Trinajstić information content (AvgIpc) is 3.08. The molecular formula is C32H24ClF4N3O3S. The van der Waals surface area contributed by atoms with Crippen LogP contribution in [0, 0.1) is 23.3 Å². The number of carbonyl (C=O) groups is 3. The predicted molar refractivity (Wildman–Crippen MR) is 159 cm³/mol. The van der Waals surface area contributed by atoms with Gasteiger partial charge in [-0.2, -0.15) is 0 Å². The van der Waals surface area contributed by atoms with E-state index in [4.69, 9.17) is 17.3 Å². The van der Waals surface area contributed by atoms with Crippen LogP contribution in [-0.2, 0) is 20.8 Å². The molecule has 0 radical (unpaired) electrons. The van der Waals surface area contributed by atoms with Crippen LogP contribution in [0.3, 0.4) is 0 Å². The van der Waals surface area contributed by atoms with E-state index in [-0.39, 0.29) is 16.1 Å². The van der Waals surface area contributed by atoms with E-state index in [1.807, 2.05) is 0 Å². The fourth-order valence-electron chi connectivity index (χ4n) is 5.15. The summed E-state index contributed by atoms with van der Waals surface area (Å²) in [6, 6.07) is 15.1. The number of amides is 3. The molecule has 5 rings (SSSR count). The van der Waals surface area contributed by atoms with E-state index in [1.54, 1.807) is 42.5 Å². The van der Waals surface area contributed by atoms with E-state index in [0.717, 1.165) is 47.0 Å². The Bertz CT molecular complexity index is 1740. The molecule has 0 aromatic heterocycles. The standard InChI is InChI=1S/C32H24ClF4N3O3S/c1-17(31(38)42)39(28(41)13-18-11-21(35)15-22(36)12-18)29-30(24-16-20(34)8-9-25(24)37)44-27-10-7-19(33)14-26(27)40(32(29)43)23-5-3-2-4-6-23/h2-12,14-17,29-30H,13H2,1H3,(H2,38,42)/t17-,29-,30+/m0/s1. The Morgan fingerprint density at radius 2 is 1.61 bits per heavy atom. The van der Waals surface area contributed by atoms with Crippen LogP contribution in [-0.4, -0.2) is 34.7 Å². The van der Waals surface area contributed by atoms with Crippen LogP contribution in [0.25, 0.3) is 0 Å². The minimum atomic E-state index is -1.67. The van der Waals surface area contributed by atoms with E-state index in [0.29, 0.717) is 22.3 Å². The molecule has 0 aliphatic carbocycles. The maximum absolute atomic E-state index is 15.5. The summed E-state index contributed by atoms with van der Waals surface area (Å²) in [6.45, 7) is 1.28. The van der Waals surface area contributed by atoms with Crippen LogP contribution in [0.5, 0.6) is 0 Å². The highest BCUT2D eigenvalue weighted by Gasteiger charge is 2.47. The summed E-state index contributed by atoms with van der Waals surface area (Å²) >= 11 is 7.31. The highest BCUT2D eigenvalue weighted by atomic mass is 35.5. The maximum atomic E-state index is 15.5. The molecule has 1 aliphatic heterocycles. The Morgan fingerprint density at radius 3 is 2.27 bits per heavy atom. The van der Waals surface area contributed by atoms with Crippen molar-refractivity contribution in [1.29, 1.82) is 0 Å². The lowest BCUT2D eigenvalue weighted by molar-refractivity contribution is -0.145. The zero-order chi connectivity index (χ0) is 31.7. The fraction of sp³-hybridized carbons (Fsp3) is 0.156. The number of anilines is 2. The minimum Gasteiger partial charge on any atom is -0.368 e. The number of hydrogen-bond acceptors (Lipinski definition) is 4. The number of primary amides is 1. The van der Waals surface area contributed by atoms with Crippen LogP contribution >= 0.6 is 23.4 Å². The molecule has 0 unspecified atom stereocenters. The van der Waals surface area contributed by atoms with Gasteiger partial charge in [0.15, 0.2) is 0 Å². The van der Waals surface area contributed by atoms with Gasteiger partial charge in [0.1, 0.15) is 35.4 Å². The molecule has 0 bridgehead atoms. The SMILES string of the molecule is C[C@@H](C(N)=O)N(C(=O)Cc1cc(F)cc(F)c1)[C@@H]1C(=O)N(c2ccccc2)c2cc(Cl)ccc2S[C@@H]1c1cc(F)ccc1F. The van der Waals surface area contributed by atoms with Gasteiger partial charge in [-0.15, -0.1) is 11.8 Å². The Labute approximate surface area is 259 Å². The second kappa shape index (κ2) is 12.7. The summed E-state index contributed by atoms with van der Waals surface area (Å²) in [7, 11) is 0. The van der Waals surface area contributed by atoms with Gasteiger partial charge in [0.05, 0.1) is 17.4 Å². The first-order valence-corrected chi connectivity index (χ1v) is 14.6. The molecule has 4 aromatic carbocycles. The second-order valence-corrected chi connectivity index (χ2v) is 11.7. The number of rotatable bonds is 7. The number of halogens is 5. The summed E-state index contributed by atoms with van der Waals surface area (Å²) < 4.78 is 58.2. The minimum absolute atomic E-state index is 0.0774. The van der Waals surface area contributed by atoms with Crippen molar-refractivity contribution < 1.29 is 31.9 Å². The molecule has 0 spiro atoms. The Kier molecular flexibility index (Phi) is 8.98. The lowest BCUT2D eigenvalue weighted by Crippen LogP contribution is -2.58. The molecule has 1 heterocycles. The third-order valence-electron chi connectivity index (χ3n) is 7.15. The average molecular weight is 642 g/mol. The summed E-state index contributed by atoms with van der Waals surface area (Å²) in [5.41, 5.74) is 5.99. The molecule has 0 fully saturated rings. The molecular weight excluding hydrogens is 618 g/mol. The smallest absolute Gasteiger partial charge is 0.255 e. The summed E-state index contributed by atoms with van der Waals surface area (Å²) in [5.74, 6) is -6.24. The fourth-order valence-corrected chi connectivity index (χ4v) is 6.69. The summed E-state index contributed by atoms with van der Waals surface area (Å²) in [4.78, 5) is 44.1. The van der Waals surface area contributed by atoms with Gasteiger partial charge < -0.3 is 10.6 Å². The highest BCUT2D eigenvalue weighted by molar-refractivity contribution is 7.99. The lowest BCUT2D eigenvalue weighted by atomic mass is 9.98. The van der Waals surface area contributed by atoms with Crippen molar-refractivity contribution in [2.24, 2.45) is 5.73 Å². The van der Waals surface area contributed by atoms with Crippen molar-refractivity contribution in [2.45, 2.75) is 35.6 Å². The van der Waals surface area contributed by atoms with Crippen LogP contribution in [0.1, 0.15) is 23.3 Å². The number of benzene rings is 4. The molecule has 1 aliphatic rings. The molecule has 6 nitrogen and oxygen atoms in total. The van der Waals surface area contributed by atoms with Crippen LogP contribution in [0.4, 0.5) is 28.9 Å². The van der Waals surface area contributed by atoms with Crippen LogP contribution < -0.4 is 10.6 Å². The molecule has 0 saturated carbocycles. The topological polar surface area (TPSA) is 83.7 Å². The van der Waals surface area contributed by atoms with E-state index >= 15 is 4.39 Å². The number of fused-ring (bicyclic) bond motifs is 1. The van der Waals surface area contributed by atoms with Crippen molar-refractivity contribution >= 4 is 52.5 Å². The zero-order valence-corrected chi connectivity index (χ0v) is 24.6. The van der Waals surface area contributed by atoms with Crippen molar-refractivity contribution in [3.8, 4) is 0 Å². The van der Waals surface area contributed by atoms with Gasteiger partial charge in [-0.1, -0.05) is 29.8 Å². The number of para-hydroxylation sites is 1. The van der Waals surface area contributed by atoms with Crippen molar-refractivity contribution in [2.75, 3.05) is 4.90 Å². The second-order valence-electron chi connectivity index (χ2n) is 10.1. The summed E-state index contributed by atoms with van der Waals surface area (Å²) in [5, 5.41) is -1.04. The Hall–Kier alpha value is -4.35. The van der Waals surface area contributed by atoms with E-state index in [9.17, 15) is 27.6 Å². The monoisotopic (exact) mass is 641 g/mol. The van der Waals surface area contributed by atoms with Gasteiger partial charge in [0, 0.05) is 27.2 Å². The molecule has 226 valence electrons. The van der Waals surface area contributed by atoms with Crippen molar-refractivity contribution in [3.05, 3.63) is 124 Å². The number of nitrogens with zero attached hydrogens (tertiary/aromatic N) is 2. The van der Waals surface area contributed by atoms with E-state index < -0.39 is 64.7 Å². The largest absolute Gasteiger partial charge is 0.368 e. The molecule has 2 N–H and O–H groups in total. The quantitative estimate of drug-likeness (QED) is 0.227. The van der Waals surface area contributed by atoms with Gasteiger partial charge in [0.2, 0.25) is 11.8 Å². The maximum Gasteiger partial charge on any atom is 0.255 e. The Morgan fingerprint density at radius 1 is 0.932 bits per heavy atom. The predicted octanol–water partition coefficient (Wildman–Crippen LogP) is 6.72. The number of nitrogens with two attached hydrogens (primary N) is 1. The molecule has 3 amide bonds. The van der Waals surface area contributed by atoms with Gasteiger partial charge >= 0.3 is 0 Å². The van der Waals surface area contributed by atoms with Crippen molar-refractivity contribution in [3.63, 3.8) is 0 Å². The van der Waals surface area contributed by atoms with Crippen LogP contribution in [0.15, 0.2) is 89.8 Å². The van der Waals surface area contributed by atoms with E-state index in [1.165, 1.54) is 17.9 Å². The first kappa shape index (κ1) is 31.1. The van der Waals surface area contributed by atoms with Gasteiger partial charge in [-0.05, 0) is 73.2 Å². The highest BCUT2D eigenvalue weighted by Crippen LogP contribution is 2.50. The van der Waals surface area contributed by atoms with Gasteiger partial charge in [-0.3, -0.25) is 19.3 Å². The lowest BCUT2D eigenvalue weighted by Gasteiger charge is -2.39. The first-order valence-electron chi connectivity index (χ1n) is 13.3. The third kappa shape index (κ3) is 6.29. The molecule has 4 aromatic rings. The summed E-state index contributed by atoms with van der Waals surface area (Å²) in [6.07, 6.45) is -0.636. The molecule has 44 heavy (non-hydrogen) atoms.